The van der Waals surface area contributed by atoms with Crippen molar-refractivity contribution in [3.63, 3.8) is 0 Å². The molecule has 0 fully saturated rings. The van der Waals surface area contributed by atoms with Crippen molar-refractivity contribution in [1.82, 2.24) is 9.55 Å². The minimum Gasteiger partial charge on any atom is -0.409 e. The van der Waals surface area contributed by atoms with Crippen LogP contribution in [0.5, 0.6) is 0 Å². The first-order valence-electron chi connectivity index (χ1n) is 9.04. The molecule has 1 heterocycles. The van der Waals surface area contributed by atoms with Gasteiger partial charge in [-0.3, -0.25) is 14.2 Å². The largest absolute Gasteiger partial charge is 0.409 e. The summed E-state index contributed by atoms with van der Waals surface area (Å²) in [5.41, 5.74) is 1.27. The first-order valence-corrected chi connectivity index (χ1v) is 9.04. The number of carbonyl (C=O) groups excluding carboxylic acids is 1. The number of carbonyl (C=O) groups is 1. The zero-order chi connectivity index (χ0) is 20.2. The normalized spacial score (nSPS) is 11.5. The summed E-state index contributed by atoms with van der Waals surface area (Å²) in [6.07, 6.45) is 0. The van der Waals surface area contributed by atoms with Crippen LogP contribution < -0.4 is 11.0 Å². The fourth-order valence-electron chi connectivity index (χ4n) is 3.25. The molecule has 0 aliphatic heterocycles. The van der Waals surface area contributed by atoms with E-state index in [0.29, 0.717) is 22.2 Å². The summed E-state index contributed by atoms with van der Waals surface area (Å²) in [5, 5.41) is 13.2. The molecular formula is C23H17N3O3. The number of rotatable bonds is 4. The Morgan fingerprint density at radius 3 is 2.21 bits per heavy atom. The molecule has 4 rings (SSSR count). The summed E-state index contributed by atoms with van der Waals surface area (Å²) in [4.78, 5) is 30.2. The lowest BCUT2D eigenvalue weighted by Crippen LogP contribution is -2.36. The van der Waals surface area contributed by atoms with Crippen molar-refractivity contribution < 1.29 is 10.0 Å². The van der Waals surface area contributed by atoms with Gasteiger partial charge in [0.1, 0.15) is 0 Å². The molecule has 0 bridgehead atoms. The second kappa shape index (κ2) is 7.90. The van der Waals surface area contributed by atoms with Crippen LogP contribution in [0.3, 0.4) is 0 Å². The fourth-order valence-corrected chi connectivity index (χ4v) is 3.25. The van der Waals surface area contributed by atoms with Gasteiger partial charge in [-0.25, -0.2) is 4.98 Å². The van der Waals surface area contributed by atoms with Gasteiger partial charge in [-0.05, 0) is 6.07 Å². The van der Waals surface area contributed by atoms with Crippen molar-refractivity contribution >= 4 is 16.7 Å². The monoisotopic (exact) mass is 383 g/mol. The Hall–Kier alpha value is -4.06. The smallest absolute Gasteiger partial charge is 0.299 e. The third kappa shape index (κ3) is 3.55. The molecule has 0 spiro atoms. The van der Waals surface area contributed by atoms with E-state index in [9.17, 15) is 14.8 Å². The average Bonchev–Trinajstić information content (AvgIpc) is 2.90. The number of ketones is 1. The molecule has 0 aliphatic carbocycles. The van der Waals surface area contributed by atoms with E-state index in [1.165, 1.54) is 4.57 Å². The highest BCUT2D eigenvalue weighted by Crippen LogP contribution is 2.24. The summed E-state index contributed by atoms with van der Waals surface area (Å²) in [7, 11) is 0. The van der Waals surface area contributed by atoms with Crippen molar-refractivity contribution in [2.45, 2.75) is 6.54 Å². The van der Waals surface area contributed by atoms with Gasteiger partial charge < -0.3 is 5.21 Å². The van der Waals surface area contributed by atoms with Gasteiger partial charge >= 0.3 is 0 Å². The van der Waals surface area contributed by atoms with Crippen LogP contribution in [-0.2, 0) is 6.54 Å². The third-order valence-electron chi connectivity index (χ3n) is 4.64. The number of hydrogen-bond donors (Lipinski definition) is 1. The van der Waals surface area contributed by atoms with Gasteiger partial charge in [0.05, 0.1) is 17.8 Å². The van der Waals surface area contributed by atoms with Crippen LogP contribution in [-0.4, -0.2) is 20.5 Å². The second-order valence-electron chi connectivity index (χ2n) is 6.45. The summed E-state index contributed by atoms with van der Waals surface area (Å²) in [6.45, 7) is -0.198. The van der Waals surface area contributed by atoms with E-state index in [2.05, 4.69) is 10.1 Å². The Bertz CT molecular complexity index is 1310. The molecule has 1 N–H and O–H groups in total. The molecule has 0 unspecified atom stereocenters. The maximum absolute atomic E-state index is 13.1. The lowest BCUT2D eigenvalue weighted by molar-refractivity contribution is 0.0972. The zero-order valence-electron chi connectivity index (χ0n) is 15.4. The molecule has 6 nitrogen and oxygen atoms in total. The van der Waals surface area contributed by atoms with Gasteiger partial charge in [0.15, 0.2) is 5.78 Å². The van der Waals surface area contributed by atoms with Gasteiger partial charge in [0.25, 0.3) is 11.0 Å². The number of Topliss-reactive ketones (excluding diaryl/α,β-unsaturated/α-hetero) is 1. The molecule has 0 radical (unpaired) electrons. The average molecular weight is 383 g/mol. The first kappa shape index (κ1) is 18.3. The zero-order valence-corrected chi connectivity index (χ0v) is 15.4. The SMILES string of the molecule is O=C(Cn1c(=O)/c(=N\O)nc(-c2ccccc2)c2ccccc21)c1ccccc1. The van der Waals surface area contributed by atoms with E-state index >= 15 is 0 Å². The topological polar surface area (TPSA) is 84.5 Å². The summed E-state index contributed by atoms with van der Waals surface area (Å²) >= 11 is 0. The van der Waals surface area contributed by atoms with E-state index in [-0.39, 0.29) is 17.8 Å². The number of benzene rings is 3. The standard InChI is InChI=1S/C23H17N3O3/c27-20(16-9-3-1-4-10-16)15-26-19-14-8-7-13-18(19)21(17-11-5-2-6-12-17)24-22(25-29)23(26)28/h1-14,29H,15H2/b25-22+. The quantitative estimate of drug-likeness (QED) is 0.333. The number of aromatic nitrogens is 2. The summed E-state index contributed by atoms with van der Waals surface area (Å²) < 4.78 is 1.30. The number of para-hydroxylation sites is 1. The van der Waals surface area contributed by atoms with Crippen molar-refractivity contribution in [1.29, 1.82) is 0 Å². The maximum Gasteiger partial charge on any atom is 0.299 e. The van der Waals surface area contributed by atoms with E-state index < -0.39 is 5.56 Å². The third-order valence-corrected chi connectivity index (χ3v) is 4.64. The predicted octanol–water partition coefficient (Wildman–Crippen LogP) is 3.24. The molecule has 3 aromatic carbocycles. The Balaban J connectivity index is 2.02. The van der Waals surface area contributed by atoms with Crippen LogP contribution in [0.15, 0.2) is 94.9 Å². The Morgan fingerprint density at radius 1 is 0.897 bits per heavy atom. The highest BCUT2D eigenvalue weighted by Gasteiger charge is 2.14. The molecule has 0 saturated heterocycles. The van der Waals surface area contributed by atoms with Gasteiger partial charge in [0, 0.05) is 16.5 Å². The first-order chi connectivity index (χ1) is 14.2. The van der Waals surface area contributed by atoms with Crippen LogP contribution >= 0.6 is 0 Å². The molecule has 29 heavy (non-hydrogen) atoms. The van der Waals surface area contributed by atoms with E-state index in [0.717, 1.165) is 5.56 Å². The Labute approximate surface area is 166 Å². The Kier molecular flexibility index (Phi) is 4.99. The van der Waals surface area contributed by atoms with E-state index in [1.807, 2.05) is 48.5 Å². The van der Waals surface area contributed by atoms with Crippen molar-refractivity contribution in [3.05, 3.63) is 106 Å². The molecule has 142 valence electrons. The number of hydrogen-bond acceptors (Lipinski definition) is 5. The summed E-state index contributed by atoms with van der Waals surface area (Å²) in [6, 6.07) is 25.3. The highest BCUT2D eigenvalue weighted by atomic mass is 16.4. The molecular weight excluding hydrogens is 366 g/mol. The van der Waals surface area contributed by atoms with Gasteiger partial charge in [-0.2, -0.15) is 0 Å². The fraction of sp³-hybridized carbons (Fsp3) is 0.0435. The van der Waals surface area contributed by atoms with E-state index in [1.54, 1.807) is 36.4 Å². The van der Waals surface area contributed by atoms with Gasteiger partial charge in [-0.15, -0.1) is 0 Å². The highest BCUT2D eigenvalue weighted by molar-refractivity contribution is 5.97. The summed E-state index contributed by atoms with van der Waals surface area (Å²) in [5.74, 6) is -0.228. The molecule has 0 amide bonds. The van der Waals surface area contributed by atoms with Crippen LogP contribution in [0.25, 0.3) is 22.2 Å². The van der Waals surface area contributed by atoms with E-state index in [4.69, 9.17) is 0 Å². The predicted molar refractivity (Wildman–Crippen MR) is 110 cm³/mol. The molecule has 6 heteroatoms. The molecule has 4 aromatic rings. The second-order valence-corrected chi connectivity index (χ2v) is 6.45. The van der Waals surface area contributed by atoms with Crippen molar-refractivity contribution in [2.24, 2.45) is 5.16 Å². The molecule has 1 aromatic heterocycles. The van der Waals surface area contributed by atoms with Crippen molar-refractivity contribution in [3.8, 4) is 11.3 Å². The minimum absolute atomic E-state index is 0.198. The lowest BCUT2D eigenvalue weighted by atomic mass is 10.1. The van der Waals surface area contributed by atoms with Crippen LogP contribution in [0.2, 0.25) is 0 Å². The van der Waals surface area contributed by atoms with Gasteiger partial charge in [-0.1, -0.05) is 84.0 Å². The molecule has 0 atom stereocenters. The maximum atomic E-state index is 13.1. The van der Waals surface area contributed by atoms with Gasteiger partial charge in [0.2, 0.25) is 0 Å². The molecule has 0 aliphatic rings. The Morgan fingerprint density at radius 2 is 1.52 bits per heavy atom. The van der Waals surface area contributed by atoms with Crippen LogP contribution in [0, 0.1) is 0 Å². The van der Waals surface area contributed by atoms with Crippen LogP contribution in [0.1, 0.15) is 10.4 Å². The van der Waals surface area contributed by atoms with Crippen LogP contribution in [0.4, 0.5) is 0 Å². The molecule has 0 saturated carbocycles. The number of fused-ring (bicyclic) bond motifs is 1. The lowest BCUT2D eigenvalue weighted by Gasteiger charge is -2.07. The van der Waals surface area contributed by atoms with Crippen molar-refractivity contribution in [2.75, 3.05) is 0 Å². The minimum atomic E-state index is -0.643. The number of nitrogens with zero attached hydrogens (tertiary/aromatic N) is 3.